The number of ether oxygens (including phenoxy) is 1. The minimum Gasteiger partial charge on any atom is -0.377 e. The van der Waals surface area contributed by atoms with E-state index in [1.165, 1.54) is 12.8 Å². The Kier molecular flexibility index (Phi) is 6.97. The quantitative estimate of drug-likeness (QED) is 0.673. The van der Waals surface area contributed by atoms with Crippen molar-refractivity contribution in [1.82, 2.24) is 20.0 Å². The maximum absolute atomic E-state index is 13.0. The zero-order valence-corrected chi connectivity index (χ0v) is 20.4. The minimum absolute atomic E-state index is 0.126. The smallest absolute Gasteiger partial charge is 0.254 e. The Morgan fingerprint density at radius 1 is 0.912 bits per heavy atom. The Labute approximate surface area is 202 Å². The third-order valence-corrected chi connectivity index (χ3v) is 7.33. The van der Waals surface area contributed by atoms with Crippen molar-refractivity contribution in [3.63, 3.8) is 0 Å². The van der Waals surface area contributed by atoms with Gasteiger partial charge in [0.1, 0.15) is 0 Å². The van der Waals surface area contributed by atoms with E-state index in [9.17, 15) is 4.79 Å². The van der Waals surface area contributed by atoms with Crippen LogP contribution in [0.25, 0.3) is 0 Å². The Balaban J connectivity index is 1.12. The number of carbonyl (C=O) groups is 1. The van der Waals surface area contributed by atoms with Gasteiger partial charge in [-0.2, -0.15) is 0 Å². The van der Waals surface area contributed by atoms with Crippen molar-refractivity contribution in [2.24, 2.45) is 0 Å². The monoisotopic (exact) mass is 464 g/mol. The molecule has 3 saturated heterocycles. The number of hydrogen-bond acceptors (Lipinski definition) is 7. The van der Waals surface area contributed by atoms with Gasteiger partial charge in [0.2, 0.25) is 0 Å². The topological polar surface area (TPSA) is 65.0 Å². The summed E-state index contributed by atoms with van der Waals surface area (Å²) in [7, 11) is 0. The summed E-state index contributed by atoms with van der Waals surface area (Å²) >= 11 is 0. The van der Waals surface area contributed by atoms with E-state index in [-0.39, 0.29) is 5.91 Å². The highest BCUT2D eigenvalue weighted by molar-refractivity contribution is 5.96. The van der Waals surface area contributed by atoms with E-state index in [2.05, 4.69) is 43.1 Å². The second kappa shape index (κ2) is 10.3. The first-order valence-electron chi connectivity index (χ1n) is 12.6. The molecule has 4 heterocycles. The molecule has 34 heavy (non-hydrogen) atoms. The number of amides is 1. The Morgan fingerprint density at radius 3 is 2.15 bits per heavy atom. The molecule has 1 aromatic carbocycles. The summed E-state index contributed by atoms with van der Waals surface area (Å²) in [6, 6.07) is 10.2. The van der Waals surface area contributed by atoms with Crippen LogP contribution in [0.4, 0.5) is 11.6 Å². The van der Waals surface area contributed by atoms with Gasteiger partial charge in [-0.05, 0) is 50.5 Å². The van der Waals surface area contributed by atoms with Gasteiger partial charge >= 0.3 is 0 Å². The van der Waals surface area contributed by atoms with Crippen LogP contribution in [0, 0.1) is 13.8 Å². The van der Waals surface area contributed by atoms with Gasteiger partial charge in [-0.3, -0.25) is 9.69 Å². The van der Waals surface area contributed by atoms with Crippen LogP contribution in [0.1, 0.15) is 34.3 Å². The average Bonchev–Trinajstić information content (AvgIpc) is 3.39. The summed E-state index contributed by atoms with van der Waals surface area (Å²) in [5.74, 6) is 1.96. The maximum Gasteiger partial charge on any atom is 0.254 e. The molecule has 1 amide bonds. The van der Waals surface area contributed by atoms with E-state index < -0.39 is 0 Å². The van der Waals surface area contributed by atoms with Gasteiger partial charge in [0.05, 0.1) is 6.10 Å². The lowest BCUT2D eigenvalue weighted by Crippen LogP contribution is -2.49. The van der Waals surface area contributed by atoms with Crippen LogP contribution in [-0.4, -0.2) is 97.5 Å². The van der Waals surface area contributed by atoms with Gasteiger partial charge in [-0.1, -0.05) is 17.7 Å². The summed E-state index contributed by atoms with van der Waals surface area (Å²) in [5.41, 5.74) is 2.97. The van der Waals surface area contributed by atoms with Crippen LogP contribution in [0.2, 0.25) is 0 Å². The number of anilines is 2. The number of aromatic nitrogens is 2. The number of nitrogens with zero attached hydrogens (tertiary/aromatic N) is 6. The molecule has 3 fully saturated rings. The molecule has 182 valence electrons. The minimum atomic E-state index is 0.126. The van der Waals surface area contributed by atoms with Gasteiger partial charge in [0.15, 0.2) is 11.6 Å². The zero-order valence-electron chi connectivity index (χ0n) is 20.4. The summed E-state index contributed by atoms with van der Waals surface area (Å²) in [6.07, 6.45) is 2.81. The molecule has 1 aromatic heterocycles. The first-order chi connectivity index (χ1) is 16.6. The summed E-state index contributed by atoms with van der Waals surface area (Å²) in [6.45, 7) is 13.0. The maximum atomic E-state index is 13.0. The fourth-order valence-corrected chi connectivity index (χ4v) is 5.17. The molecule has 0 N–H and O–H groups in total. The van der Waals surface area contributed by atoms with Crippen molar-refractivity contribution in [1.29, 1.82) is 0 Å². The molecule has 0 spiro atoms. The molecule has 1 unspecified atom stereocenters. The average molecular weight is 465 g/mol. The SMILES string of the molecule is Cc1ccc(C)c(C(=O)N2CCN(c3ccc(N4CCN(CC5CCCO5)CC4)nn3)CC2)c1. The highest BCUT2D eigenvalue weighted by Gasteiger charge is 2.26. The fraction of sp³-hybridized carbons (Fsp3) is 0.577. The van der Waals surface area contributed by atoms with Crippen LogP contribution in [0.5, 0.6) is 0 Å². The molecule has 8 heteroatoms. The lowest BCUT2D eigenvalue weighted by molar-refractivity contribution is 0.0712. The molecular weight excluding hydrogens is 428 g/mol. The van der Waals surface area contributed by atoms with Gasteiger partial charge in [0.25, 0.3) is 5.91 Å². The van der Waals surface area contributed by atoms with Crippen molar-refractivity contribution in [3.05, 3.63) is 47.0 Å². The van der Waals surface area contributed by atoms with Crippen molar-refractivity contribution < 1.29 is 9.53 Å². The first kappa shape index (κ1) is 23.1. The van der Waals surface area contributed by atoms with Crippen molar-refractivity contribution >= 4 is 17.5 Å². The Morgan fingerprint density at radius 2 is 1.56 bits per heavy atom. The van der Waals surface area contributed by atoms with Crippen molar-refractivity contribution in [2.45, 2.75) is 32.8 Å². The molecule has 0 aliphatic carbocycles. The lowest BCUT2D eigenvalue weighted by atomic mass is 10.0. The predicted octanol–water partition coefficient (Wildman–Crippen LogP) is 2.36. The highest BCUT2D eigenvalue weighted by atomic mass is 16.5. The van der Waals surface area contributed by atoms with Gasteiger partial charge in [-0.15, -0.1) is 10.2 Å². The number of hydrogen-bond donors (Lipinski definition) is 0. The largest absolute Gasteiger partial charge is 0.377 e. The van der Waals surface area contributed by atoms with Crippen LogP contribution in [-0.2, 0) is 4.74 Å². The Bertz CT molecular complexity index is 975. The molecule has 1 atom stereocenters. The van der Waals surface area contributed by atoms with E-state index in [0.29, 0.717) is 19.2 Å². The second-order valence-electron chi connectivity index (χ2n) is 9.77. The third-order valence-electron chi connectivity index (χ3n) is 7.33. The summed E-state index contributed by atoms with van der Waals surface area (Å²) < 4.78 is 5.79. The fourth-order valence-electron chi connectivity index (χ4n) is 5.17. The molecule has 0 radical (unpaired) electrons. The van der Waals surface area contributed by atoms with E-state index in [1.807, 2.05) is 30.9 Å². The van der Waals surface area contributed by atoms with Gasteiger partial charge in [0, 0.05) is 71.1 Å². The normalized spacial score (nSPS) is 21.8. The Hall–Kier alpha value is -2.71. The van der Waals surface area contributed by atoms with Gasteiger partial charge < -0.3 is 19.4 Å². The van der Waals surface area contributed by atoms with Gasteiger partial charge in [-0.25, -0.2) is 0 Å². The molecule has 3 aliphatic rings. The van der Waals surface area contributed by atoms with E-state index in [0.717, 1.165) is 80.7 Å². The molecule has 5 rings (SSSR count). The van der Waals surface area contributed by atoms with E-state index in [1.54, 1.807) is 0 Å². The predicted molar refractivity (Wildman–Crippen MR) is 134 cm³/mol. The van der Waals surface area contributed by atoms with Crippen LogP contribution >= 0.6 is 0 Å². The lowest BCUT2D eigenvalue weighted by Gasteiger charge is -2.37. The number of aryl methyl sites for hydroxylation is 2. The van der Waals surface area contributed by atoms with Crippen molar-refractivity contribution in [2.75, 3.05) is 75.3 Å². The standard InChI is InChI=1S/C26H36N6O2/c1-20-5-6-21(2)23(18-20)26(33)32-15-13-31(14-16-32)25-8-7-24(27-28-25)30-11-9-29(10-12-30)19-22-4-3-17-34-22/h5-8,18,22H,3-4,9-17,19H2,1-2H3. The zero-order chi connectivity index (χ0) is 23.5. The molecular formula is C26H36N6O2. The van der Waals surface area contributed by atoms with Crippen LogP contribution < -0.4 is 9.80 Å². The first-order valence-corrected chi connectivity index (χ1v) is 12.6. The third kappa shape index (κ3) is 5.18. The number of piperazine rings is 2. The highest BCUT2D eigenvalue weighted by Crippen LogP contribution is 2.21. The number of benzene rings is 1. The molecule has 0 bridgehead atoms. The summed E-state index contributed by atoms with van der Waals surface area (Å²) in [4.78, 5) is 22.0. The van der Waals surface area contributed by atoms with E-state index in [4.69, 9.17) is 4.74 Å². The van der Waals surface area contributed by atoms with E-state index >= 15 is 0 Å². The second-order valence-corrected chi connectivity index (χ2v) is 9.77. The molecule has 3 aliphatic heterocycles. The number of carbonyl (C=O) groups excluding carboxylic acids is 1. The van der Waals surface area contributed by atoms with Crippen LogP contribution in [0.15, 0.2) is 30.3 Å². The number of rotatable bonds is 5. The summed E-state index contributed by atoms with van der Waals surface area (Å²) in [5, 5.41) is 9.07. The molecule has 2 aromatic rings. The molecule has 0 saturated carbocycles. The molecule has 8 nitrogen and oxygen atoms in total. The van der Waals surface area contributed by atoms with Crippen LogP contribution in [0.3, 0.4) is 0 Å². The van der Waals surface area contributed by atoms with Crippen molar-refractivity contribution in [3.8, 4) is 0 Å².